The highest BCUT2D eigenvalue weighted by molar-refractivity contribution is 5.55. The quantitative estimate of drug-likeness (QED) is 0.835. The normalized spacial score (nSPS) is 10.0. The van der Waals surface area contributed by atoms with Gasteiger partial charge >= 0.3 is 0 Å². The molecule has 17 heavy (non-hydrogen) atoms. The molecule has 0 unspecified atom stereocenters. The number of hydrogen-bond acceptors (Lipinski definition) is 6. The molecule has 88 valence electrons. The number of nitrogens with one attached hydrogen (secondary N) is 1. The van der Waals surface area contributed by atoms with Crippen molar-refractivity contribution in [1.82, 2.24) is 15.0 Å². The summed E-state index contributed by atoms with van der Waals surface area (Å²) in [5, 5.41) is 2.80. The van der Waals surface area contributed by atoms with E-state index in [0.29, 0.717) is 5.69 Å². The van der Waals surface area contributed by atoms with E-state index in [-0.39, 0.29) is 17.6 Å². The van der Waals surface area contributed by atoms with Crippen LogP contribution >= 0.6 is 0 Å². The lowest BCUT2D eigenvalue weighted by atomic mass is 10.3. The summed E-state index contributed by atoms with van der Waals surface area (Å²) in [7, 11) is 1.40. The molecule has 0 aliphatic carbocycles. The van der Waals surface area contributed by atoms with Crippen LogP contribution < -0.4 is 15.8 Å². The van der Waals surface area contributed by atoms with Gasteiger partial charge in [-0.2, -0.15) is 4.98 Å². The highest BCUT2D eigenvalue weighted by atomic mass is 19.1. The number of aromatic nitrogens is 3. The molecule has 1 aromatic carbocycles. The van der Waals surface area contributed by atoms with E-state index in [2.05, 4.69) is 20.3 Å². The van der Waals surface area contributed by atoms with Gasteiger partial charge < -0.3 is 15.8 Å². The Morgan fingerprint density at radius 2 is 2.18 bits per heavy atom. The maximum absolute atomic E-state index is 13.4. The van der Waals surface area contributed by atoms with Crippen molar-refractivity contribution in [2.75, 3.05) is 18.2 Å². The molecule has 0 radical (unpaired) electrons. The average Bonchev–Trinajstić information content (AvgIpc) is 2.29. The SMILES string of the molecule is COc1ccc(Nc2ncnc(N)n2)cc1F. The van der Waals surface area contributed by atoms with Gasteiger partial charge in [0, 0.05) is 11.8 Å². The first kappa shape index (κ1) is 11.1. The lowest BCUT2D eigenvalue weighted by Crippen LogP contribution is -2.02. The fourth-order valence-corrected chi connectivity index (χ4v) is 1.24. The highest BCUT2D eigenvalue weighted by Crippen LogP contribution is 2.22. The first-order valence-electron chi connectivity index (χ1n) is 4.74. The molecule has 2 rings (SSSR count). The molecule has 7 heteroatoms. The molecule has 1 aromatic heterocycles. The van der Waals surface area contributed by atoms with Crippen molar-refractivity contribution < 1.29 is 9.13 Å². The molecule has 0 amide bonds. The van der Waals surface area contributed by atoms with Gasteiger partial charge in [0.25, 0.3) is 0 Å². The average molecular weight is 235 g/mol. The van der Waals surface area contributed by atoms with Gasteiger partial charge in [0.15, 0.2) is 11.6 Å². The van der Waals surface area contributed by atoms with Gasteiger partial charge in [-0.1, -0.05) is 0 Å². The summed E-state index contributed by atoms with van der Waals surface area (Å²) in [6.45, 7) is 0. The molecule has 6 nitrogen and oxygen atoms in total. The number of halogens is 1. The third-order valence-electron chi connectivity index (χ3n) is 2.00. The van der Waals surface area contributed by atoms with Crippen LogP contribution in [0, 0.1) is 5.82 Å². The van der Waals surface area contributed by atoms with Gasteiger partial charge in [-0.25, -0.2) is 14.4 Å². The number of hydrogen-bond donors (Lipinski definition) is 2. The fourth-order valence-electron chi connectivity index (χ4n) is 1.24. The molecule has 3 N–H and O–H groups in total. The number of methoxy groups -OCH3 is 1. The van der Waals surface area contributed by atoms with Crippen molar-refractivity contribution in [3.05, 3.63) is 30.3 Å². The van der Waals surface area contributed by atoms with E-state index in [1.54, 1.807) is 6.07 Å². The largest absolute Gasteiger partial charge is 0.494 e. The summed E-state index contributed by atoms with van der Waals surface area (Å²) in [6.07, 6.45) is 1.27. The lowest BCUT2D eigenvalue weighted by Gasteiger charge is -2.06. The molecule has 0 saturated carbocycles. The van der Waals surface area contributed by atoms with E-state index in [4.69, 9.17) is 10.5 Å². The van der Waals surface area contributed by atoms with Crippen LogP contribution in [0.5, 0.6) is 5.75 Å². The van der Waals surface area contributed by atoms with Crippen LogP contribution in [-0.4, -0.2) is 22.1 Å². The number of benzene rings is 1. The molecular formula is C10H10FN5O. The third-order valence-corrected chi connectivity index (χ3v) is 2.00. The van der Waals surface area contributed by atoms with Crippen molar-refractivity contribution in [3.8, 4) is 5.75 Å². The van der Waals surface area contributed by atoms with Crippen molar-refractivity contribution in [3.63, 3.8) is 0 Å². The minimum absolute atomic E-state index is 0.0940. The van der Waals surface area contributed by atoms with Gasteiger partial charge in [-0.15, -0.1) is 0 Å². The maximum atomic E-state index is 13.4. The first-order chi connectivity index (χ1) is 8.19. The smallest absolute Gasteiger partial charge is 0.231 e. The number of nitrogens with zero attached hydrogens (tertiary/aromatic N) is 3. The third kappa shape index (κ3) is 2.57. The number of ether oxygens (including phenoxy) is 1. The standard InChI is InChI=1S/C10H10FN5O/c1-17-8-3-2-6(4-7(8)11)15-10-14-5-13-9(12)16-10/h2-5H,1H3,(H3,12,13,14,15,16). The molecule has 0 atom stereocenters. The number of nitrogen functional groups attached to an aromatic ring is 1. The molecular weight excluding hydrogens is 225 g/mol. The van der Waals surface area contributed by atoms with Gasteiger partial charge in [-0.3, -0.25) is 0 Å². The predicted octanol–water partition coefficient (Wildman–Crippen LogP) is 1.35. The second-order valence-corrected chi connectivity index (χ2v) is 3.14. The number of anilines is 3. The van der Waals surface area contributed by atoms with Crippen LogP contribution in [0.25, 0.3) is 0 Å². The van der Waals surface area contributed by atoms with Gasteiger partial charge in [-0.05, 0) is 12.1 Å². The molecule has 0 aliphatic rings. The molecule has 0 bridgehead atoms. The molecule has 0 saturated heterocycles. The van der Waals surface area contributed by atoms with Crippen molar-refractivity contribution in [2.45, 2.75) is 0 Å². The van der Waals surface area contributed by atoms with Gasteiger partial charge in [0.1, 0.15) is 6.33 Å². The number of rotatable bonds is 3. The van der Waals surface area contributed by atoms with Crippen LogP contribution in [0.3, 0.4) is 0 Å². The minimum atomic E-state index is -0.473. The molecule has 2 aromatic rings. The number of nitrogens with two attached hydrogens (primary N) is 1. The molecule has 1 heterocycles. The van der Waals surface area contributed by atoms with E-state index < -0.39 is 5.82 Å². The van der Waals surface area contributed by atoms with Crippen molar-refractivity contribution in [1.29, 1.82) is 0 Å². The van der Waals surface area contributed by atoms with Gasteiger partial charge in [0.05, 0.1) is 7.11 Å². The molecule has 0 aliphatic heterocycles. The summed E-state index contributed by atoms with van der Waals surface area (Å²) in [5.41, 5.74) is 5.89. The van der Waals surface area contributed by atoms with E-state index in [0.717, 1.165) is 0 Å². The van der Waals surface area contributed by atoms with Crippen LogP contribution in [0.15, 0.2) is 24.5 Å². The zero-order valence-corrected chi connectivity index (χ0v) is 9.01. The molecule has 0 fully saturated rings. The van der Waals surface area contributed by atoms with Crippen LogP contribution in [0.4, 0.5) is 22.0 Å². The van der Waals surface area contributed by atoms with E-state index in [9.17, 15) is 4.39 Å². The Hall–Kier alpha value is -2.44. The summed E-state index contributed by atoms with van der Waals surface area (Å²) < 4.78 is 18.2. The summed E-state index contributed by atoms with van der Waals surface area (Å²) >= 11 is 0. The summed E-state index contributed by atoms with van der Waals surface area (Å²) in [6, 6.07) is 4.42. The summed E-state index contributed by atoms with van der Waals surface area (Å²) in [5.74, 6) is 0.0452. The van der Waals surface area contributed by atoms with Crippen molar-refractivity contribution in [2.24, 2.45) is 0 Å². The van der Waals surface area contributed by atoms with Crippen LogP contribution in [0.1, 0.15) is 0 Å². The Labute approximate surface area is 96.7 Å². The Morgan fingerprint density at radius 1 is 1.35 bits per heavy atom. The highest BCUT2D eigenvalue weighted by Gasteiger charge is 2.04. The Bertz CT molecular complexity index is 534. The monoisotopic (exact) mass is 235 g/mol. The second kappa shape index (κ2) is 4.60. The second-order valence-electron chi connectivity index (χ2n) is 3.14. The summed E-state index contributed by atoms with van der Waals surface area (Å²) in [4.78, 5) is 11.3. The Morgan fingerprint density at radius 3 is 2.82 bits per heavy atom. The topological polar surface area (TPSA) is 86.0 Å². The predicted molar refractivity (Wildman–Crippen MR) is 60.5 cm³/mol. The maximum Gasteiger partial charge on any atom is 0.231 e. The van der Waals surface area contributed by atoms with E-state index >= 15 is 0 Å². The fraction of sp³-hybridized carbons (Fsp3) is 0.100. The zero-order valence-electron chi connectivity index (χ0n) is 9.01. The molecule has 0 spiro atoms. The minimum Gasteiger partial charge on any atom is -0.494 e. The Balaban J connectivity index is 2.22. The van der Waals surface area contributed by atoms with Crippen LogP contribution in [0.2, 0.25) is 0 Å². The first-order valence-corrected chi connectivity index (χ1v) is 4.74. The van der Waals surface area contributed by atoms with Crippen LogP contribution in [-0.2, 0) is 0 Å². The van der Waals surface area contributed by atoms with Crippen molar-refractivity contribution >= 4 is 17.6 Å². The zero-order chi connectivity index (χ0) is 12.3. The van der Waals surface area contributed by atoms with Gasteiger partial charge in [0.2, 0.25) is 11.9 Å². The van der Waals surface area contributed by atoms with E-state index in [1.807, 2.05) is 0 Å². The van der Waals surface area contributed by atoms with E-state index in [1.165, 1.54) is 25.6 Å². The lowest BCUT2D eigenvalue weighted by molar-refractivity contribution is 0.386. The Kier molecular flexibility index (Phi) is 2.99.